The van der Waals surface area contributed by atoms with Gasteiger partial charge < -0.3 is 5.73 Å². The van der Waals surface area contributed by atoms with Crippen molar-refractivity contribution in [3.05, 3.63) is 29.6 Å². The summed E-state index contributed by atoms with van der Waals surface area (Å²) in [4.78, 5) is 4.39. The summed E-state index contributed by atoms with van der Waals surface area (Å²) in [5, 5.41) is 0. The summed E-state index contributed by atoms with van der Waals surface area (Å²) < 4.78 is 30.7. The zero-order valence-corrected chi connectivity index (χ0v) is 9.83. The van der Waals surface area contributed by atoms with Gasteiger partial charge in [-0.3, -0.25) is 0 Å². The first-order valence-corrected chi connectivity index (χ1v) is 5.88. The number of hydrogen-bond donors (Lipinski definition) is 1. The van der Waals surface area contributed by atoms with E-state index in [1.54, 1.807) is 6.92 Å². The van der Waals surface area contributed by atoms with E-state index in [4.69, 9.17) is 5.73 Å². The van der Waals surface area contributed by atoms with E-state index in [1.807, 2.05) is 0 Å². The molecule has 2 aromatic rings. The average Bonchev–Trinajstić information content (AvgIpc) is 2.60. The van der Waals surface area contributed by atoms with Gasteiger partial charge in [-0.25, -0.2) is 13.8 Å². The van der Waals surface area contributed by atoms with Crippen molar-refractivity contribution < 1.29 is 8.78 Å². The second-order valence-electron chi connectivity index (χ2n) is 3.01. The molecule has 0 aliphatic heterocycles. The maximum Gasteiger partial charge on any atom is 0.174 e. The van der Waals surface area contributed by atoms with Crippen molar-refractivity contribution in [2.24, 2.45) is 0 Å². The minimum atomic E-state index is -0.760. The van der Waals surface area contributed by atoms with E-state index < -0.39 is 11.6 Å². The summed E-state index contributed by atoms with van der Waals surface area (Å²) in [6.07, 6.45) is 0. The van der Waals surface area contributed by atoms with Crippen LogP contribution in [0.2, 0.25) is 0 Å². The Morgan fingerprint density at radius 2 is 2.12 bits per heavy atom. The van der Waals surface area contributed by atoms with Crippen molar-refractivity contribution in [2.45, 2.75) is 16.2 Å². The average molecular weight is 259 g/mol. The van der Waals surface area contributed by atoms with E-state index in [9.17, 15) is 8.78 Å². The van der Waals surface area contributed by atoms with Crippen LogP contribution in [0, 0.1) is 18.6 Å². The van der Waals surface area contributed by atoms with Crippen molar-refractivity contribution in [1.29, 1.82) is 0 Å². The molecule has 16 heavy (non-hydrogen) atoms. The second kappa shape index (κ2) is 4.34. The topological polar surface area (TPSA) is 51.8 Å². The van der Waals surface area contributed by atoms with Gasteiger partial charge in [-0.2, -0.15) is 4.37 Å². The van der Waals surface area contributed by atoms with Gasteiger partial charge >= 0.3 is 0 Å². The van der Waals surface area contributed by atoms with Gasteiger partial charge in [-0.05, 0) is 24.5 Å². The molecule has 0 bridgehead atoms. The lowest BCUT2D eigenvalue weighted by Crippen LogP contribution is -1.94. The highest BCUT2D eigenvalue weighted by Gasteiger charge is 2.11. The highest BCUT2D eigenvalue weighted by atomic mass is 32.2. The molecule has 2 N–H and O–H groups in total. The SMILES string of the molecule is Cc1nsc(Sc2cc(F)cc(F)c2N)n1. The molecule has 84 valence electrons. The molecule has 3 nitrogen and oxygen atoms in total. The summed E-state index contributed by atoms with van der Waals surface area (Å²) in [6, 6.07) is 1.94. The lowest BCUT2D eigenvalue weighted by molar-refractivity contribution is 0.581. The molecule has 2 rings (SSSR count). The third-order valence-electron chi connectivity index (χ3n) is 1.76. The van der Waals surface area contributed by atoms with Gasteiger partial charge in [0.25, 0.3) is 0 Å². The van der Waals surface area contributed by atoms with Crippen LogP contribution in [0.1, 0.15) is 5.82 Å². The minimum Gasteiger partial charge on any atom is -0.395 e. The molecule has 0 aliphatic rings. The zero-order valence-electron chi connectivity index (χ0n) is 8.20. The predicted octanol–water partition coefficient (Wildman–Crippen LogP) is 2.86. The monoisotopic (exact) mass is 259 g/mol. The number of nitrogens with zero attached hydrogens (tertiary/aromatic N) is 2. The van der Waals surface area contributed by atoms with E-state index in [1.165, 1.54) is 17.6 Å². The Kier molecular flexibility index (Phi) is 3.06. The number of aryl methyl sites for hydroxylation is 1. The molecule has 0 fully saturated rings. The summed E-state index contributed by atoms with van der Waals surface area (Å²) in [7, 11) is 0. The molecule has 0 unspecified atom stereocenters. The lowest BCUT2D eigenvalue weighted by atomic mass is 10.3. The zero-order chi connectivity index (χ0) is 11.7. The number of rotatable bonds is 2. The molecule has 0 saturated carbocycles. The third-order valence-corrected chi connectivity index (χ3v) is 3.66. The Bertz CT molecular complexity index is 527. The first kappa shape index (κ1) is 11.3. The van der Waals surface area contributed by atoms with Crippen LogP contribution in [0.3, 0.4) is 0 Å². The van der Waals surface area contributed by atoms with Crippen LogP contribution in [-0.2, 0) is 0 Å². The molecule has 1 aromatic carbocycles. The first-order chi connectivity index (χ1) is 7.56. The van der Waals surface area contributed by atoms with Crippen LogP contribution in [0.15, 0.2) is 21.4 Å². The molecule has 1 aromatic heterocycles. The fourth-order valence-electron chi connectivity index (χ4n) is 1.06. The lowest BCUT2D eigenvalue weighted by Gasteiger charge is -2.03. The Labute approximate surface area is 98.9 Å². The van der Waals surface area contributed by atoms with Crippen LogP contribution in [-0.4, -0.2) is 9.36 Å². The minimum absolute atomic E-state index is 0.0701. The third kappa shape index (κ3) is 2.30. The van der Waals surface area contributed by atoms with Crippen molar-refractivity contribution >= 4 is 29.0 Å². The van der Waals surface area contributed by atoms with Gasteiger partial charge in [-0.1, -0.05) is 11.8 Å². The molecule has 0 aliphatic carbocycles. The summed E-state index contributed by atoms with van der Waals surface area (Å²) in [5.74, 6) is -0.790. The maximum absolute atomic E-state index is 13.1. The number of hydrogen-bond acceptors (Lipinski definition) is 5. The van der Waals surface area contributed by atoms with Crippen molar-refractivity contribution in [3.8, 4) is 0 Å². The van der Waals surface area contributed by atoms with E-state index in [0.717, 1.165) is 17.8 Å². The molecular weight excluding hydrogens is 252 g/mol. The summed E-state index contributed by atoms with van der Waals surface area (Å²) >= 11 is 2.27. The van der Waals surface area contributed by atoms with Gasteiger partial charge in [0, 0.05) is 11.0 Å². The van der Waals surface area contributed by atoms with Crippen molar-refractivity contribution in [2.75, 3.05) is 5.73 Å². The Balaban J connectivity index is 2.34. The number of anilines is 1. The molecule has 7 heteroatoms. The standard InChI is InChI=1S/C9H7F2N3S2/c1-4-13-9(16-14-4)15-7-3-5(10)2-6(11)8(7)12/h2-3H,12H2,1H3. The summed E-state index contributed by atoms with van der Waals surface area (Å²) in [5.41, 5.74) is 5.43. The van der Waals surface area contributed by atoms with Crippen molar-refractivity contribution in [3.63, 3.8) is 0 Å². The van der Waals surface area contributed by atoms with Gasteiger partial charge in [0.2, 0.25) is 0 Å². The highest BCUT2D eigenvalue weighted by Crippen LogP contribution is 2.34. The van der Waals surface area contributed by atoms with Crippen LogP contribution in [0.5, 0.6) is 0 Å². The Hall–Kier alpha value is -1.21. The molecule has 0 amide bonds. The smallest absolute Gasteiger partial charge is 0.174 e. The van der Waals surface area contributed by atoms with Gasteiger partial charge in [0.05, 0.1) is 5.69 Å². The van der Waals surface area contributed by atoms with Crippen molar-refractivity contribution in [1.82, 2.24) is 9.36 Å². The van der Waals surface area contributed by atoms with Gasteiger partial charge in [0.15, 0.2) is 4.34 Å². The molecule has 0 spiro atoms. The van der Waals surface area contributed by atoms with Crippen LogP contribution < -0.4 is 5.73 Å². The second-order valence-corrected chi connectivity index (χ2v) is 5.05. The molecule has 0 saturated heterocycles. The Morgan fingerprint density at radius 3 is 2.75 bits per heavy atom. The maximum atomic E-state index is 13.1. The van der Waals surface area contributed by atoms with Crippen LogP contribution >= 0.6 is 23.3 Å². The number of nitrogens with two attached hydrogens (primary N) is 1. The Morgan fingerprint density at radius 1 is 1.38 bits per heavy atom. The van der Waals surface area contributed by atoms with E-state index in [0.29, 0.717) is 15.1 Å². The fraction of sp³-hybridized carbons (Fsp3) is 0.111. The van der Waals surface area contributed by atoms with Gasteiger partial charge in [-0.15, -0.1) is 0 Å². The highest BCUT2D eigenvalue weighted by molar-refractivity contribution is 8.01. The van der Waals surface area contributed by atoms with E-state index in [2.05, 4.69) is 9.36 Å². The van der Waals surface area contributed by atoms with E-state index in [-0.39, 0.29) is 5.69 Å². The van der Waals surface area contributed by atoms with Crippen LogP contribution in [0.4, 0.5) is 14.5 Å². The van der Waals surface area contributed by atoms with Crippen LogP contribution in [0.25, 0.3) is 0 Å². The number of benzene rings is 1. The largest absolute Gasteiger partial charge is 0.395 e. The quantitative estimate of drug-likeness (QED) is 0.843. The summed E-state index contributed by atoms with van der Waals surface area (Å²) in [6.45, 7) is 1.75. The number of nitrogen functional groups attached to an aromatic ring is 1. The van der Waals surface area contributed by atoms with Gasteiger partial charge in [0.1, 0.15) is 17.5 Å². The normalized spacial score (nSPS) is 10.7. The number of aromatic nitrogens is 2. The molecule has 0 radical (unpaired) electrons. The predicted molar refractivity (Wildman–Crippen MR) is 59.5 cm³/mol. The fourth-order valence-corrected chi connectivity index (χ4v) is 2.76. The first-order valence-electron chi connectivity index (χ1n) is 4.29. The van der Waals surface area contributed by atoms with E-state index >= 15 is 0 Å². The molecule has 1 heterocycles. The number of halogens is 2. The molecular formula is C9H7F2N3S2. The molecule has 0 atom stereocenters.